The number of nitrogens with two attached hydrogens (primary N) is 1. The van der Waals surface area contributed by atoms with Crippen LogP contribution in [0.4, 0.5) is 10.3 Å². The van der Waals surface area contributed by atoms with E-state index in [1.54, 1.807) is 26.8 Å². The Morgan fingerprint density at radius 2 is 2.03 bits per heavy atom. The van der Waals surface area contributed by atoms with E-state index in [1.165, 1.54) is 22.9 Å². The maximum atomic E-state index is 13.9. The summed E-state index contributed by atoms with van der Waals surface area (Å²) in [6.45, 7) is 5.01. The predicted molar refractivity (Wildman–Crippen MR) is 109 cm³/mol. The third-order valence-corrected chi connectivity index (χ3v) is 4.34. The van der Waals surface area contributed by atoms with Crippen molar-refractivity contribution in [1.82, 2.24) is 19.5 Å². The average Bonchev–Trinajstić information content (AvgIpc) is 2.71. The van der Waals surface area contributed by atoms with Crippen molar-refractivity contribution < 1.29 is 13.9 Å². The third kappa shape index (κ3) is 4.72. The van der Waals surface area contributed by atoms with Crippen molar-refractivity contribution in [3.05, 3.63) is 75.0 Å². The maximum Gasteiger partial charge on any atom is 0.268 e. The number of anilines is 1. The summed E-state index contributed by atoms with van der Waals surface area (Å²) < 4.78 is 20.9. The summed E-state index contributed by atoms with van der Waals surface area (Å²) in [4.78, 5) is 37.4. The minimum Gasteiger partial charge on any atom is -0.485 e. The number of halogens is 1. The standard InChI is InChI=1S/C21H19FN6O3/c1-11(2)28-9-14(6-13(8-23)20(28)30)19(29)16-7-15(22)4-5-17(16)31-10-18-25-12(3)26-21(24)27-18/h4-7,9,11H,10H2,1-3H3,(H2,24,25,26,27). The largest absolute Gasteiger partial charge is 0.485 e. The van der Waals surface area contributed by atoms with Gasteiger partial charge in [0.2, 0.25) is 5.95 Å². The molecular formula is C21H19FN6O3. The van der Waals surface area contributed by atoms with Crippen LogP contribution in [0.25, 0.3) is 0 Å². The van der Waals surface area contributed by atoms with E-state index < -0.39 is 17.2 Å². The fourth-order valence-electron chi connectivity index (χ4n) is 2.92. The Morgan fingerprint density at radius 1 is 1.29 bits per heavy atom. The van der Waals surface area contributed by atoms with Crippen LogP contribution >= 0.6 is 0 Å². The Hall–Kier alpha value is -4.13. The van der Waals surface area contributed by atoms with E-state index in [9.17, 15) is 19.2 Å². The molecule has 0 atom stereocenters. The molecule has 0 unspecified atom stereocenters. The molecule has 158 valence electrons. The molecule has 3 rings (SSSR count). The summed E-state index contributed by atoms with van der Waals surface area (Å²) in [5.41, 5.74) is 4.90. The first-order valence-electron chi connectivity index (χ1n) is 9.30. The van der Waals surface area contributed by atoms with E-state index in [0.29, 0.717) is 5.82 Å². The summed E-state index contributed by atoms with van der Waals surface area (Å²) in [5.74, 6) is -0.486. The van der Waals surface area contributed by atoms with E-state index in [2.05, 4.69) is 15.0 Å². The molecular weight excluding hydrogens is 403 g/mol. The highest BCUT2D eigenvalue weighted by Gasteiger charge is 2.20. The summed E-state index contributed by atoms with van der Waals surface area (Å²) in [5, 5.41) is 9.27. The fraction of sp³-hybridized carbons (Fsp3) is 0.238. The average molecular weight is 422 g/mol. The number of pyridine rings is 1. The van der Waals surface area contributed by atoms with Crippen LogP contribution in [0.5, 0.6) is 5.75 Å². The highest BCUT2D eigenvalue weighted by atomic mass is 19.1. The normalized spacial score (nSPS) is 10.7. The van der Waals surface area contributed by atoms with Gasteiger partial charge in [-0.05, 0) is 45.0 Å². The molecule has 10 heteroatoms. The molecule has 0 aliphatic carbocycles. The lowest BCUT2D eigenvalue weighted by molar-refractivity contribution is 0.103. The van der Waals surface area contributed by atoms with Crippen molar-refractivity contribution >= 4 is 11.7 Å². The van der Waals surface area contributed by atoms with Crippen molar-refractivity contribution in [3.63, 3.8) is 0 Å². The molecule has 9 nitrogen and oxygen atoms in total. The minimum atomic E-state index is -0.645. The zero-order valence-electron chi connectivity index (χ0n) is 17.1. The van der Waals surface area contributed by atoms with Gasteiger partial charge in [0.05, 0.1) is 5.56 Å². The molecule has 2 aromatic heterocycles. The lowest BCUT2D eigenvalue weighted by Crippen LogP contribution is -2.25. The zero-order chi connectivity index (χ0) is 22.7. The monoisotopic (exact) mass is 422 g/mol. The van der Waals surface area contributed by atoms with Crippen molar-refractivity contribution in [2.24, 2.45) is 0 Å². The number of nitrogen functional groups attached to an aromatic ring is 1. The number of benzene rings is 1. The summed E-state index contributed by atoms with van der Waals surface area (Å²) in [6.07, 6.45) is 1.35. The quantitative estimate of drug-likeness (QED) is 0.598. The Morgan fingerprint density at radius 3 is 2.68 bits per heavy atom. The number of aromatic nitrogens is 4. The minimum absolute atomic E-state index is 0.0291. The summed E-state index contributed by atoms with van der Waals surface area (Å²) >= 11 is 0. The van der Waals surface area contributed by atoms with Gasteiger partial charge in [0, 0.05) is 17.8 Å². The van der Waals surface area contributed by atoms with E-state index in [1.807, 2.05) is 0 Å². The second-order valence-electron chi connectivity index (χ2n) is 6.98. The van der Waals surface area contributed by atoms with Gasteiger partial charge < -0.3 is 15.0 Å². The van der Waals surface area contributed by atoms with Gasteiger partial charge in [-0.1, -0.05) is 0 Å². The molecule has 0 fully saturated rings. The number of hydrogen-bond donors (Lipinski definition) is 1. The van der Waals surface area contributed by atoms with Crippen LogP contribution in [0.1, 0.15) is 53.0 Å². The van der Waals surface area contributed by atoms with Gasteiger partial charge in [-0.15, -0.1) is 0 Å². The van der Waals surface area contributed by atoms with Crippen LogP contribution in [0.3, 0.4) is 0 Å². The van der Waals surface area contributed by atoms with E-state index in [0.717, 1.165) is 12.1 Å². The molecule has 0 aliphatic rings. The predicted octanol–water partition coefficient (Wildman–Crippen LogP) is 2.33. The molecule has 0 spiro atoms. The lowest BCUT2D eigenvalue weighted by Gasteiger charge is -2.14. The number of hydrogen-bond acceptors (Lipinski definition) is 8. The molecule has 0 aliphatic heterocycles. The molecule has 31 heavy (non-hydrogen) atoms. The molecule has 0 saturated carbocycles. The number of nitriles is 1. The van der Waals surface area contributed by atoms with Gasteiger partial charge in [0.15, 0.2) is 11.6 Å². The van der Waals surface area contributed by atoms with Crippen LogP contribution in [-0.2, 0) is 6.61 Å². The first-order valence-corrected chi connectivity index (χ1v) is 9.30. The van der Waals surface area contributed by atoms with Gasteiger partial charge in [0.1, 0.15) is 35.6 Å². The van der Waals surface area contributed by atoms with Crippen LogP contribution < -0.4 is 16.0 Å². The number of carbonyl (C=O) groups is 1. The van der Waals surface area contributed by atoms with Crippen LogP contribution in [0.15, 0.2) is 35.3 Å². The topological polar surface area (TPSA) is 137 Å². The molecule has 0 amide bonds. The number of ether oxygens (including phenoxy) is 1. The zero-order valence-corrected chi connectivity index (χ0v) is 17.1. The van der Waals surface area contributed by atoms with Crippen LogP contribution in [0, 0.1) is 24.1 Å². The van der Waals surface area contributed by atoms with Gasteiger partial charge in [-0.3, -0.25) is 9.59 Å². The highest BCUT2D eigenvalue weighted by Crippen LogP contribution is 2.24. The first kappa shape index (κ1) is 21.6. The Bertz CT molecular complexity index is 1240. The highest BCUT2D eigenvalue weighted by molar-refractivity contribution is 6.10. The third-order valence-electron chi connectivity index (χ3n) is 4.34. The Balaban J connectivity index is 2.00. The number of aryl methyl sites for hydroxylation is 1. The van der Waals surface area contributed by atoms with Crippen molar-refractivity contribution in [2.45, 2.75) is 33.4 Å². The fourth-order valence-corrected chi connectivity index (χ4v) is 2.92. The molecule has 0 radical (unpaired) electrons. The molecule has 0 saturated heterocycles. The second-order valence-corrected chi connectivity index (χ2v) is 6.98. The molecule has 2 N–H and O–H groups in total. The summed E-state index contributed by atoms with van der Waals surface area (Å²) in [6, 6.07) is 6.19. The van der Waals surface area contributed by atoms with Gasteiger partial charge in [-0.25, -0.2) is 9.37 Å². The number of nitrogens with zero attached hydrogens (tertiary/aromatic N) is 5. The van der Waals surface area contributed by atoms with Gasteiger partial charge >= 0.3 is 0 Å². The molecule has 2 heterocycles. The Labute approximate surface area is 177 Å². The van der Waals surface area contributed by atoms with Gasteiger partial charge in [-0.2, -0.15) is 15.2 Å². The number of rotatable bonds is 6. The Kier molecular flexibility index (Phi) is 6.06. The van der Waals surface area contributed by atoms with E-state index in [-0.39, 0.29) is 46.9 Å². The molecule has 0 bridgehead atoms. The second kappa shape index (κ2) is 8.71. The molecule has 1 aromatic carbocycles. The number of ketones is 1. The maximum absolute atomic E-state index is 13.9. The van der Waals surface area contributed by atoms with Crippen molar-refractivity contribution in [2.75, 3.05) is 5.73 Å². The van der Waals surface area contributed by atoms with Crippen LogP contribution in [0.2, 0.25) is 0 Å². The van der Waals surface area contributed by atoms with E-state index in [4.69, 9.17) is 10.5 Å². The van der Waals surface area contributed by atoms with E-state index >= 15 is 0 Å². The molecule has 3 aromatic rings. The SMILES string of the molecule is Cc1nc(N)nc(COc2ccc(F)cc2C(=O)c2cc(C#N)c(=O)n(C(C)C)c2)n1. The van der Waals surface area contributed by atoms with Gasteiger partial charge in [0.25, 0.3) is 5.56 Å². The van der Waals surface area contributed by atoms with Crippen LogP contribution in [-0.4, -0.2) is 25.3 Å². The summed E-state index contributed by atoms with van der Waals surface area (Å²) in [7, 11) is 0. The smallest absolute Gasteiger partial charge is 0.268 e. The van der Waals surface area contributed by atoms with Crippen molar-refractivity contribution in [3.8, 4) is 11.8 Å². The van der Waals surface area contributed by atoms with Crippen molar-refractivity contribution in [1.29, 1.82) is 5.26 Å². The number of carbonyl (C=O) groups excluding carboxylic acids is 1. The first-order chi connectivity index (χ1) is 14.7. The lowest BCUT2D eigenvalue weighted by atomic mass is 10.0.